The zero-order chi connectivity index (χ0) is 14.4. The molecule has 1 unspecified atom stereocenters. The van der Waals surface area contributed by atoms with Gasteiger partial charge in [-0.2, -0.15) is 0 Å². The Morgan fingerprint density at radius 2 is 1.84 bits per heavy atom. The van der Waals surface area contributed by atoms with Gasteiger partial charge < -0.3 is 14.2 Å². The molecule has 0 aromatic heterocycles. The molecule has 1 aromatic carbocycles. The van der Waals surface area contributed by atoms with Gasteiger partial charge in [-0.15, -0.1) is 0 Å². The summed E-state index contributed by atoms with van der Waals surface area (Å²) >= 11 is 3.03. The van der Waals surface area contributed by atoms with E-state index in [9.17, 15) is 9.59 Å². The number of ether oxygens (including phenoxy) is 3. The number of rotatable bonds is 6. The lowest BCUT2D eigenvalue weighted by molar-refractivity contribution is -0.141. The summed E-state index contributed by atoms with van der Waals surface area (Å²) in [5, 5.41) is 0. The highest BCUT2D eigenvalue weighted by atomic mass is 79.9. The summed E-state index contributed by atoms with van der Waals surface area (Å²) in [6, 6.07) is 4.70. The van der Waals surface area contributed by atoms with Crippen LogP contribution in [0.15, 0.2) is 18.2 Å². The highest BCUT2D eigenvalue weighted by Gasteiger charge is 2.26. The van der Waals surface area contributed by atoms with Gasteiger partial charge in [-0.25, -0.2) is 0 Å². The number of ketones is 1. The number of halogens is 1. The average molecular weight is 331 g/mol. The van der Waals surface area contributed by atoms with Crippen LogP contribution in [-0.4, -0.2) is 37.4 Å². The highest BCUT2D eigenvalue weighted by molar-refractivity contribution is 9.10. The number of hydrogen-bond donors (Lipinski definition) is 0. The van der Waals surface area contributed by atoms with Crippen molar-refractivity contribution in [2.24, 2.45) is 0 Å². The molecule has 1 atom stereocenters. The van der Waals surface area contributed by atoms with Gasteiger partial charge in [-0.3, -0.25) is 9.59 Å². The molecule has 0 aliphatic rings. The van der Waals surface area contributed by atoms with Crippen molar-refractivity contribution in [2.75, 3.05) is 20.8 Å². The van der Waals surface area contributed by atoms with Gasteiger partial charge in [0.05, 0.1) is 20.8 Å². The van der Waals surface area contributed by atoms with Crippen LogP contribution in [0.4, 0.5) is 0 Å². The quantitative estimate of drug-likeness (QED) is 0.346. The maximum Gasteiger partial charge on any atom is 0.327 e. The number of hydrogen-bond acceptors (Lipinski definition) is 5. The summed E-state index contributed by atoms with van der Waals surface area (Å²) in [6.07, 6.45) is 0. The van der Waals surface area contributed by atoms with Crippen LogP contribution in [0, 0.1) is 0 Å². The van der Waals surface area contributed by atoms with E-state index in [0.717, 1.165) is 0 Å². The number of alkyl halides is 1. The second-order valence-corrected chi connectivity index (χ2v) is 4.46. The molecule has 0 saturated carbocycles. The van der Waals surface area contributed by atoms with E-state index in [1.807, 2.05) is 0 Å². The van der Waals surface area contributed by atoms with Crippen LogP contribution in [0.5, 0.6) is 11.5 Å². The minimum atomic E-state index is -1.02. The molecule has 0 saturated heterocycles. The number of carbonyl (C=O) groups is 2. The van der Waals surface area contributed by atoms with E-state index < -0.39 is 10.8 Å². The van der Waals surface area contributed by atoms with Gasteiger partial charge in [0.1, 0.15) is 0 Å². The molecule has 0 radical (unpaired) electrons. The highest BCUT2D eigenvalue weighted by Crippen LogP contribution is 2.28. The fourth-order valence-electron chi connectivity index (χ4n) is 1.46. The Labute approximate surface area is 120 Å². The standard InChI is InChI=1S/C13H15BrO5/c1-4-19-13(16)11(14)12(15)8-5-6-9(17-2)10(7-8)18-3/h5-7,11H,4H2,1-3H3. The van der Waals surface area contributed by atoms with Crippen LogP contribution in [0.1, 0.15) is 17.3 Å². The second kappa shape index (κ2) is 7.13. The minimum absolute atomic E-state index is 0.222. The fourth-order valence-corrected chi connectivity index (χ4v) is 1.85. The van der Waals surface area contributed by atoms with Crippen LogP contribution in [0.25, 0.3) is 0 Å². The van der Waals surface area contributed by atoms with Gasteiger partial charge in [-0.05, 0) is 25.1 Å². The van der Waals surface area contributed by atoms with E-state index in [0.29, 0.717) is 17.1 Å². The molecule has 104 valence electrons. The summed E-state index contributed by atoms with van der Waals surface area (Å²) in [4.78, 5) is 22.6. The third-order valence-electron chi connectivity index (χ3n) is 2.39. The first-order valence-electron chi connectivity index (χ1n) is 5.62. The normalized spacial score (nSPS) is 11.6. The van der Waals surface area contributed by atoms with E-state index in [-0.39, 0.29) is 12.4 Å². The van der Waals surface area contributed by atoms with Crippen LogP contribution in [0.3, 0.4) is 0 Å². The lowest BCUT2D eigenvalue weighted by atomic mass is 10.1. The van der Waals surface area contributed by atoms with Gasteiger partial charge in [-0.1, -0.05) is 15.9 Å². The smallest absolute Gasteiger partial charge is 0.327 e. The number of benzene rings is 1. The van der Waals surface area contributed by atoms with E-state index in [1.54, 1.807) is 19.1 Å². The fraction of sp³-hybridized carbons (Fsp3) is 0.385. The van der Waals surface area contributed by atoms with Crippen LogP contribution in [0.2, 0.25) is 0 Å². The first kappa shape index (κ1) is 15.5. The van der Waals surface area contributed by atoms with Crippen molar-refractivity contribution in [3.05, 3.63) is 23.8 Å². The Balaban J connectivity index is 2.97. The van der Waals surface area contributed by atoms with Crippen LogP contribution >= 0.6 is 15.9 Å². The monoisotopic (exact) mass is 330 g/mol. The van der Waals surface area contributed by atoms with Gasteiger partial charge in [0.2, 0.25) is 0 Å². The molecule has 1 aromatic rings. The minimum Gasteiger partial charge on any atom is -0.493 e. The lowest BCUT2D eigenvalue weighted by Crippen LogP contribution is -2.26. The molecule has 0 amide bonds. The van der Waals surface area contributed by atoms with Crippen molar-refractivity contribution >= 4 is 27.7 Å². The largest absolute Gasteiger partial charge is 0.493 e. The Kier molecular flexibility index (Phi) is 5.82. The molecule has 0 heterocycles. The molecule has 5 nitrogen and oxygen atoms in total. The molecule has 0 N–H and O–H groups in total. The molecule has 6 heteroatoms. The maximum absolute atomic E-state index is 12.1. The molecule has 0 fully saturated rings. The summed E-state index contributed by atoms with van der Waals surface area (Å²) in [6.45, 7) is 1.90. The number of methoxy groups -OCH3 is 2. The molecular formula is C13H15BrO5. The summed E-state index contributed by atoms with van der Waals surface area (Å²) in [7, 11) is 2.98. The third kappa shape index (κ3) is 3.70. The molecule has 19 heavy (non-hydrogen) atoms. The number of esters is 1. The van der Waals surface area contributed by atoms with E-state index in [1.165, 1.54) is 20.3 Å². The number of carbonyl (C=O) groups excluding carboxylic acids is 2. The third-order valence-corrected chi connectivity index (χ3v) is 3.18. The van der Waals surface area contributed by atoms with Crippen molar-refractivity contribution in [3.63, 3.8) is 0 Å². The Morgan fingerprint density at radius 1 is 1.21 bits per heavy atom. The predicted molar refractivity (Wildman–Crippen MR) is 73.2 cm³/mol. The van der Waals surface area contributed by atoms with E-state index in [4.69, 9.17) is 14.2 Å². The Hall–Kier alpha value is -1.56. The van der Waals surface area contributed by atoms with Crippen molar-refractivity contribution in [3.8, 4) is 11.5 Å². The predicted octanol–water partition coefficient (Wildman–Crippen LogP) is 2.21. The molecular weight excluding hydrogens is 316 g/mol. The maximum atomic E-state index is 12.1. The topological polar surface area (TPSA) is 61.8 Å². The van der Waals surface area contributed by atoms with Crippen molar-refractivity contribution in [1.29, 1.82) is 0 Å². The van der Waals surface area contributed by atoms with Gasteiger partial charge in [0.25, 0.3) is 0 Å². The molecule has 0 spiro atoms. The van der Waals surface area contributed by atoms with E-state index >= 15 is 0 Å². The van der Waals surface area contributed by atoms with Gasteiger partial charge in [0, 0.05) is 5.56 Å². The Bertz CT molecular complexity index is 472. The zero-order valence-electron chi connectivity index (χ0n) is 10.9. The summed E-state index contributed by atoms with van der Waals surface area (Å²) < 4.78 is 15.0. The van der Waals surface area contributed by atoms with E-state index in [2.05, 4.69) is 15.9 Å². The first-order chi connectivity index (χ1) is 9.04. The first-order valence-corrected chi connectivity index (χ1v) is 6.53. The SMILES string of the molecule is CCOC(=O)C(Br)C(=O)c1ccc(OC)c(OC)c1. The summed E-state index contributed by atoms with van der Waals surface area (Å²) in [5.41, 5.74) is 0.340. The second-order valence-electron chi connectivity index (χ2n) is 3.55. The van der Waals surface area contributed by atoms with Crippen molar-refractivity contribution in [1.82, 2.24) is 0 Å². The van der Waals surface area contributed by atoms with Gasteiger partial charge >= 0.3 is 5.97 Å². The Morgan fingerprint density at radius 3 is 2.37 bits per heavy atom. The molecule has 0 aliphatic carbocycles. The molecule has 0 bridgehead atoms. The van der Waals surface area contributed by atoms with Crippen LogP contribution in [-0.2, 0) is 9.53 Å². The van der Waals surface area contributed by atoms with Crippen molar-refractivity contribution in [2.45, 2.75) is 11.8 Å². The van der Waals surface area contributed by atoms with Crippen LogP contribution < -0.4 is 9.47 Å². The summed E-state index contributed by atoms with van der Waals surface area (Å²) in [5.74, 6) is -0.0556. The molecule has 1 rings (SSSR count). The van der Waals surface area contributed by atoms with Crippen molar-refractivity contribution < 1.29 is 23.8 Å². The zero-order valence-corrected chi connectivity index (χ0v) is 12.5. The number of Topliss-reactive ketones (excluding diaryl/α,β-unsaturated/α-hetero) is 1. The molecule has 0 aliphatic heterocycles. The lowest BCUT2D eigenvalue weighted by Gasteiger charge is -2.11. The average Bonchev–Trinajstić information content (AvgIpc) is 2.45. The van der Waals surface area contributed by atoms with Gasteiger partial charge in [0.15, 0.2) is 22.1 Å².